The van der Waals surface area contributed by atoms with E-state index in [4.69, 9.17) is 0 Å². The van der Waals surface area contributed by atoms with E-state index in [1.807, 2.05) is 0 Å². The molecule has 0 heterocycles. The van der Waals surface area contributed by atoms with Crippen LogP contribution in [0.5, 0.6) is 0 Å². The fourth-order valence-electron chi connectivity index (χ4n) is 7.62. The minimum absolute atomic E-state index is 0.0422. The first-order chi connectivity index (χ1) is 10.4. The molecule has 22 heavy (non-hydrogen) atoms. The highest BCUT2D eigenvalue weighted by Crippen LogP contribution is 2.67. The van der Waals surface area contributed by atoms with Gasteiger partial charge in [-0.05, 0) is 79.4 Å². The van der Waals surface area contributed by atoms with Gasteiger partial charge in [-0.2, -0.15) is 0 Å². The molecule has 1 nitrogen and oxygen atoms in total. The van der Waals surface area contributed by atoms with Crippen molar-refractivity contribution in [2.45, 2.75) is 79.1 Å². The van der Waals surface area contributed by atoms with Crippen molar-refractivity contribution < 1.29 is 4.79 Å². The highest BCUT2D eigenvalue weighted by Gasteiger charge is 2.61. The van der Waals surface area contributed by atoms with Gasteiger partial charge in [0.15, 0.2) is 0 Å². The van der Waals surface area contributed by atoms with Gasteiger partial charge in [-0.25, -0.2) is 0 Å². The number of ketones is 1. The summed E-state index contributed by atoms with van der Waals surface area (Å²) in [6.07, 6.45) is 10.4. The Hall–Kier alpha value is -0.330. The van der Waals surface area contributed by atoms with E-state index in [2.05, 4.69) is 27.7 Å². The summed E-state index contributed by atoms with van der Waals surface area (Å²) in [5.74, 6) is 5.75. The number of hydrogen-bond acceptors (Lipinski definition) is 1. The maximum atomic E-state index is 12.5. The van der Waals surface area contributed by atoms with Crippen molar-refractivity contribution >= 4 is 5.78 Å². The molecule has 4 aliphatic rings. The van der Waals surface area contributed by atoms with Crippen LogP contribution in [0.4, 0.5) is 0 Å². The van der Waals surface area contributed by atoms with Gasteiger partial charge in [0.1, 0.15) is 5.78 Å². The lowest BCUT2D eigenvalue weighted by Crippen LogP contribution is -2.56. The van der Waals surface area contributed by atoms with E-state index in [0.717, 1.165) is 36.0 Å². The molecule has 1 heteroatoms. The molecule has 0 saturated heterocycles. The number of carbonyl (C=O) groups excluding carboxylic acids is 1. The summed E-state index contributed by atoms with van der Waals surface area (Å²) in [5.41, 5.74) is 0.622. The van der Waals surface area contributed by atoms with Crippen LogP contribution in [0.3, 0.4) is 0 Å². The summed E-state index contributed by atoms with van der Waals surface area (Å²) in [6.45, 7) is 9.93. The van der Waals surface area contributed by atoms with Gasteiger partial charge in [0.25, 0.3) is 0 Å². The number of rotatable bonds is 0. The monoisotopic (exact) mass is 302 g/mol. The third-order valence-electron chi connectivity index (χ3n) is 9.00. The molecule has 4 rings (SSSR count). The first kappa shape index (κ1) is 15.2. The van der Waals surface area contributed by atoms with Gasteiger partial charge in [0.05, 0.1) is 0 Å². The van der Waals surface area contributed by atoms with Gasteiger partial charge in [0.2, 0.25) is 0 Å². The summed E-state index contributed by atoms with van der Waals surface area (Å²) < 4.78 is 0. The molecule has 0 N–H and O–H groups in total. The topological polar surface area (TPSA) is 17.1 Å². The molecule has 1 unspecified atom stereocenters. The Morgan fingerprint density at radius 2 is 1.73 bits per heavy atom. The molecule has 0 spiro atoms. The van der Waals surface area contributed by atoms with Crippen LogP contribution < -0.4 is 0 Å². The van der Waals surface area contributed by atoms with E-state index in [1.54, 1.807) is 0 Å². The quantitative estimate of drug-likeness (QED) is 0.579. The average Bonchev–Trinajstić information content (AvgIpc) is 2.77. The van der Waals surface area contributed by atoms with Crippen LogP contribution in [-0.2, 0) is 4.79 Å². The molecule has 0 aliphatic heterocycles. The van der Waals surface area contributed by atoms with Gasteiger partial charge < -0.3 is 0 Å². The maximum absolute atomic E-state index is 12.5. The molecule has 4 aliphatic carbocycles. The van der Waals surface area contributed by atoms with E-state index in [0.29, 0.717) is 17.1 Å². The summed E-state index contributed by atoms with van der Waals surface area (Å²) in [4.78, 5) is 12.5. The van der Waals surface area contributed by atoms with Crippen molar-refractivity contribution in [3.8, 4) is 0 Å². The lowest BCUT2D eigenvalue weighted by atomic mass is 9.42. The first-order valence-corrected chi connectivity index (χ1v) is 9.89. The number of hydrogen-bond donors (Lipinski definition) is 0. The third-order valence-corrected chi connectivity index (χ3v) is 9.00. The third kappa shape index (κ3) is 1.86. The van der Waals surface area contributed by atoms with Crippen molar-refractivity contribution in [3.63, 3.8) is 0 Å². The van der Waals surface area contributed by atoms with Crippen LogP contribution in [0.2, 0.25) is 0 Å². The van der Waals surface area contributed by atoms with E-state index >= 15 is 0 Å². The Morgan fingerprint density at radius 1 is 0.955 bits per heavy atom. The molecule has 4 saturated carbocycles. The summed E-state index contributed by atoms with van der Waals surface area (Å²) in [7, 11) is 0. The van der Waals surface area contributed by atoms with Crippen molar-refractivity contribution in [1.29, 1.82) is 0 Å². The highest BCUT2D eigenvalue weighted by atomic mass is 16.1. The van der Waals surface area contributed by atoms with E-state index in [1.165, 1.54) is 44.9 Å². The summed E-state index contributed by atoms with van der Waals surface area (Å²) >= 11 is 0. The molecule has 0 aromatic heterocycles. The van der Waals surface area contributed by atoms with Crippen LogP contribution in [0, 0.1) is 46.3 Å². The number of fused-ring (bicyclic) bond motifs is 5. The second-order valence-electron chi connectivity index (χ2n) is 10.0. The summed E-state index contributed by atoms with van der Waals surface area (Å²) in [5, 5.41) is 0. The van der Waals surface area contributed by atoms with E-state index in [9.17, 15) is 4.79 Å². The number of Topliss-reactive ketones (excluding diaryl/α,β-unsaturated/α-hetero) is 1. The zero-order valence-corrected chi connectivity index (χ0v) is 15.0. The van der Waals surface area contributed by atoms with Gasteiger partial charge in [-0.1, -0.05) is 34.1 Å². The normalized spacial score (nSPS) is 57.9. The second-order valence-corrected chi connectivity index (χ2v) is 10.0. The summed E-state index contributed by atoms with van der Waals surface area (Å²) in [6, 6.07) is 0. The van der Waals surface area contributed by atoms with Crippen molar-refractivity contribution in [2.24, 2.45) is 46.3 Å². The molecule has 0 bridgehead atoms. The van der Waals surface area contributed by atoms with Gasteiger partial charge in [-0.15, -0.1) is 0 Å². The van der Waals surface area contributed by atoms with Crippen LogP contribution in [-0.4, -0.2) is 5.78 Å². The number of carbonyl (C=O) groups is 1. The zero-order valence-electron chi connectivity index (χ0n) is 15.0. The zero-order chi connectivity index (χ0) is 15.7. The van der Waals surface area contributed by atoms with Crippen LogP contribution in [0.1, 0.15) is 79.1 Å². The Labute approximate surface area is 136 Å². The van der Waals surface area contributed by atoms with Gasteiger partial charge >= 0.3 is 0 Å². The van der Waals surface area contributed by atoms with Crippen LogP contribution >= 0.6 is 0 Å². The molecular weight excluding hydrogens is 268 g/mol. The lowest BCUT2D eigenvalue weighted by Gasteiger charge is -2.62. The van der Waals surface area contributed by atoms with Crippen molar-refractivity contribution in [3.05, 3.63) is 0 Å². The predicted octanol–water partition coefficient (Wildman–Crippen LogP) is 5.48. The standard InChI is InChI=1S/C21H34O/c1-13-7-9-20(3)15(11-13)12-14(2)19-16-5-6-18(22)21(16,4)10-8-17(19)20/h13-17,19H,5-12H2,1-4H3/t13-,14?,15+,16-,17-,19-,20-,21-/m0/s1. The van der Waals surface area contributed by atoms with Crippen LogP contribution in [0.15, 0.2) is 0 Å². The highest BCUT2D eigenvalue weighted by molar-refractivity contribution is 5.87. The fourth-order valence-corrected chi connectivity index (χ4v) is 7.62. The Kier molecular flexibility index (Phi) is 3.34. The molecule has 124 valence electrons. The predicted molar refractivity (Wildman–Crippen MR) is 90.4 cm³/mol. The second kappa shape index (κ2) is 4.84. The first-order valence-electron chi connectivity index (χ1n) is 9.89. The minimum atomic E-state index is 0.0422. The van der Waals surface area contributed by atoms with Crippen molar-refractivity contribution in [2.75, 3.05) is 0 Å². The maximum Gasteiger partial charge on any atom is 0.139 e. The van der Waals surface area contributed by atoms with Crippen LogP contribution in [0.25, 0.3) is 0 Å². The Bertz CT molecular complexity index is 482. The molecule has 0 amide bonds. The molecule has 4 fully saturated rings. The fraction of sp³-hybridized carbons (Fsp3) is 0.952. The van der Waals surface area contributed by atoms with Gasteiger partial charge in [-0.3, -0.25) is 4.79 Å². The Morgan fingerprint density at radius 3 is 2.50 bits per heavy atom. The smallest absolute Gasteiger partial charge is 0.139 e. The molecule has 0 aromatic carbocycles. The average molecular weight is 303 g/mol. The van der Waals surface area contributed by atoms with E-state index < -0.39 is 0 Å². The molecule has 8 atom stereocenters. The molecule has 0 radical (unpaired) electrons. The largest absolute Gasteiger partial charge is 0.299 e. The molecule has 0 aromatic rings. The Balaban J connectivity index is 1.69. The molecular formula is C21H34O. The van der Waals surface area contributed by atoms with Crippen molar-refractivity contribution in [1.82, 2.24) is 0 Å². The minimum Gasteiger partial charge on any atom is -0.299 e. The SMILES string of the molecule is CC1C[C@H]2C[C@@H](C)CC[C@]2(C)[C@H]2CC[C@]3(C)C(=O)CC[C@H]3[C@H]12. The van der Waals surface area contributed by atoms with Gasteiger partial charge in [0, 0.05) is 11.8 Å². The van der Waals surface area contributed by atoms with E-state index in [-0.39, 0.29) is 5.41 Å². The lowest BCUT2D eigenvalue weighted by molar-refractivity contribution is -0.148.